The minimum atomic E-state index is -4.37. The maximum Gasteiger partial charge on any atom is 0.416 e. The lowest BCUT2D eigenvalue weighted by Crippen LogP contribution is -2.09. The number of nitrogens with one attached hydrogen (secondary N) is 1. The standard InChI is InChI=1S/C20H19F3N4O/c1-13-14(2)26-12-27-19(13)24-10-9-15-3-8-18(25-11-15)28-17-6-4-16(5-7-17)20(21,22)23/h3-8,11-12H,9-10H2,1-2H3,(H,24,26,27). The second kappa shape index (κ2) is 8.24. The second-order valence-electron chi connectivity index (χ2n) is 6.24. The third-order valence-corrected chi connectivity index (χ3v) is 4.24. The molecule has 28 heavy (non-hydrogen) atoms. The Bertz CT molecular complexity index is 926. The Hall–Kier alpha value is -3.16. The first-order valence-electron chi connectivity index (χ1n) is 8.65. The van der Waals surface area contributed by atoms with Crippen LogP contribution >= 0.6 is 0 Å². The van der Waals surface area contributed by atoms with Gasteiger partial charge in [0.15, 0.2) is 0 Å². The van der Waals surface area contributed by atoms with E-state index in [2.05, 4.69) is 20.3 Å². The average molecular weight is 388 g/mol. The summed E-state index contributed by atoms with van der Waals surface area (Å²) in [5.41, 5.74) is 2.23. The van der Waals surface area contributed by atoms with Crippen LogP contribution in [0, 0.1) is 13.8 Å². The highest BCUT2D eigenvalue weighted by Gasteiger charge is 2.30. The van der Waals surface area contributed by atoms with Crippen molar-refractivity contribution in [2.75, 3.05) is 11.9 Å². The van der Waals surface area contributed by atoms with Crippen molar-refractivity contribution >= 4 is 5.82 Å². The van der Waals surface area contributed by atoms with Gasteiger partial charge in [-0.25, -0.2) is 15.0 Å². The molecule has 1 aromatic carbocycles. The number of anilines is 1. The summed E-state index contributed by atoms with van der Waals surface area (Å²) in [4.78, 5) is 12.6. The van der Waals surface area contributed by atoms with Crippen LogP contribution in [0.15, 0.2) is 48.9 Å². The number of alkyl halides is 3. The largest absolute Gasteiger partial charge is 0.439 e. The van der Waals surface area contributed by atoms with Gasteiger partial charge in [-0.05, 0) is 50.1 Å². The average Bonchev–Trinajstić information content (AvgIpc) is 2.66. The zero-order valence-corrected chi connectivity index (χ0v) is 15.4. The maximum absolute atomic E-state index is 12.6. The zero-order chi connectivity index (χ0) is 20.1. The Labute approximate surface area is 160 Å². The van der Waals surface area contributed by atoms with Gasteiger partial charge < -0.3 is 10.1 Å². The molecule has 0 atom stereocenters. The van der Waals surface area contributed by atoms with Crippen molar-refractivity contribution in [3.8, 4) is 11.6 Å². The minimum absolute atomic E-state index is 0.296. The predicted molar refractivity (Wildman–Crippen MR) is 99.5 cm³/mol. The van der Waals surface area contributed by atoms with Crippen molar-refractivity contribution in [3.63, 3.8) is 0 Å². The summed E-state index contributed by atoms with van der Waals surface area (Å²) in [6.07, 6.45) is -0.426. The molecule has 0 spiro atoms. The van der Waals surface area contributed by atoms with Gasteiger partial charge in [-0.1, -0.05) is 6.07 Å². The van der Waals surface area contributed by atoms with Crippen LogP contribution in [0.3, 0.4) is 0 Å². The van der Waals surface area contributed by atoms with Gasteiger partial charge in [-0.15, -0.1) is 0 Å². The summed E-state index contributed by atoms with van der Waals surface area (Å²) in [7, 11) is 0. The van der Waals surface area contributed by atoms with E-state index in [1.165, 1.54) is 18.5 Å². The molecule has 1 N–H and O–H groups in total. The van der Waals surface area contributed by atoms with E-state index >= 15 is 0 Å². The van der Waals surface area contributed by atoms with Gasteiger partial charge in [-0.2, -0.15) is 13.2 Å². The molecule has 0 amide bonds. The molecule has 0 saturated carbocycles. The Morgan fingerprint density at radius 3 is 2.36 bits per heavy atom. The number of hydrogen-bond acceptors (Lipinski definition) is 5. The third-order valence-electron chi connectivity index (χ3n) is 4.24. The SMILES string of the molecule is Cc1ncnc(NCCc2ccc(Oc3ccc(C(F)(F)F)cc3)nc2)c1C. The lowest BCUT2D eigenvalue weighted by molar-refractivity contribution is -0.137. The molecule has 3 aromatic rings. The van der Waals surface area contributed by atoms with Crippen molar-refractivity contribution in [1.29, 1.82) is 0 Å². The zero-order valence-electron chi connectivity index (χ0n) is 15.4. The van der Waals surface area contributed by atoms with Crippen LogP contribution in [-0.4, -0.2) is 21.5 Å². The molecule has 0 aliphatic heterocycles. The first kappa shape index (κ1) is 19.6. The van der Waals surface area contributed by atoms with Crippen molar-refractivity contribution in [2.24, 2.45) is 0 Å². The van der Waals surface area contributed by atoms with Gasteiger partial charge in [0, 0.05) is 30.1 Å². The molecule has 0 aliphatic rings. The molecular weight excluding hydrogens is 369 g/mol. The van der Waals surface area contributed by atoms with E-state index in [4.69, 9.17) is 4.74 Å². The normalized spacial score (nSPS) is 11.3. The van der Waals surface area contributed by atoms with Crippen molar-refractivity contribution in [1.82, 2.24) is 15.0 Å². The van der Waals surface area contributed by atoms with E-state index < -0.39 is 11.7 Å². The fourth-order valence-corrected chi connectivity index (χ4v) is 2.49. The van der Waals surface area contributed by atoms with Crippen LogP contribution in [0.5, 0.6) is 11.6 Å². The molecule has 2 heterocycles. The van der Waals surface area contributed by atoms with E-state index in [1.807, 2.05) is 19.9 Å². The van der Waals surface area contributed by atoms with Gasteiger partial charge in [0.1, 0.15) is 17.9 Å². The van der Waals surface area contributed by atoms with Crippen LogP contribution in [-0.2, 0) is 12.6 Å². The number of benzene rings is 1. The monoisotopic (exact) mass is 388 g/mol. The van der Waals surface area contributed by atoms with E-state index in [0.717, 1.165) is 41.2 Å². The quantitative estimate of drug-likeness (QED) is 0.647. The van der Waals surface area contributed by atoms with E-state index in [0.29, 0.717) is 18.2 Å². The molecule has 0 aliphatic carbocycles. The van der Waals surface area contributed by atoms with Gasteiger partial charge >= 0.3 is 6.18 Å². The highest BCUT2D eigenvalue weighted by atomic mass is 19.4. The maximum atomic E-state index is 12.6. The van der Waals surface area contributed by atoms with E-state index in [1.54, 1.807) is 12.3 Å². The van der Waals surface area contributed by atoms with Crippen molar-refractivity contribution in [3.05, 3.63) is 71.3 Å². The smallest absolute Gasteiger partial charge is 0.416 e. The minimum Gasteiger partial charge on any atom is -0.439 e. The Morgan fingerprint density at radius 1 is 0.964 bits per heavy atom. The van der Waals surface area contributed by atoms with Crippen LogP contribution in [0.1, 0.15) is 22.4 Å². The van der Waals surface area contributed by atoms with Crippen molar-refractivity contribution < 1.29 is 17.9 Å². The molecule has 0 radical (unpaired) electrons. The predicted octanol–water partition coefficient (Wildman–Crippen LogP) is 4.95. The number of rotatable bonds is 6. The molecule has 146 valence electrons. The van der Waals surface area contributed by atoms with Gasteiger partial charge in [0.25, 0.3) is 0 Å². The molecule has 0 saturated heterocycles. The number of aromatic nitrogens is 3. The van der Waals surface area contributed by atoms with Crippen molar-refractivity contribution in [2.45, 2.75) is 26.4 Å². The Kier molecular flexibility index (Phi) is 5.77. The Morgan fingerprint density at radius 2 is 1.71 bits per heavy atom. The van der Waals surface area contributed by atoms with Crippen LogP contribution in [0.4, 0.5) is 19.0 Å². The number of hydrogen-bond donors (Lipinski definition) is 1. The van der Waals surface area contributed by atoms with Gasteiger partial charge in [0.2, 0.25) is 5.88 Å². The Balaban J connectivity index is 1.54. The molecule has 8 heteroatoms. The second-order valence-corrected chi connectivity index (χ2v) is 6.24. The van der Waals surface area contributed by atoms with Gasteiger partial charge in [0.05, 0.1) is 5.56 Å². The van der Waals surface area contributed by atoms with E-state index in [9.17, 15) is 13.2 Å². The molecule has 0 bridgehead atoms. The molecular formula is C20H19F3N4O. The first-order chi connectivity index (χ1) is 13.3. The fraction of sp³-hybridized carbons (Fsp3) is 0.250. The molecule has 3 rings (SSSR count). The molecule has 0 fully saturated rings. The fourth-order valence-electron chi connectivity index (χ4n) is 2.49. The summed E-state index contributed by atoms with van der Waals surface area (Å²) < 4.78 is 43.2. The third kappa shape index (κ3) is 4.97. The lowest BCUT2D eigenvalue weighted by Gasteiger charge is -2.10. The highest BCUT2D eigenvalue weighted by molar-refractivity contribution is 5.44. The van der Waals surface area contributed by atoms with Crippen LogP contribution < -0.4 is 10.1 Å². The molecule has 5 nitrogen and oxygen atoms in total. The number of ether oxygens (including phenoxy) is 1. The summed E-state index contributed by atoms with van der Waals surface area (Å²) in [5.74, 6) is 1.42. The highest BCUT2D eigenvalue weighted by Crippen LogP contribution is 2.31. The first-order valence-corrected chi connectivity index (χ1v) is 8.65. The summed E-state index contributed by atoms with van der Waals surface area (Å²) in [6, 6.07) is 8.06. The molecule has 2 aromatic heterocycles. The number of pyridine rings is 1. The number of halogens is 3. The lowest BCUT2D eigenvalue weighted by atomic mass is 10.2. The van der Waals surface area contributed by atoms with Gasteiger partial charge in [-0.3, -0.25) is 0 Å². The topological polar surface area (TPSA) is 59.9 Å². The summed E-state index contributed by atoms with van der Waals surface area (Å²) >= 11 is 0. The summed E-state index contributed by atoms with van der Waals surface area (Å²) in [6.45, 7) is 4.58. The molecule has 0 unspecified atom stereocenters. The van der Waals surface area contributed by atoms with Crippen LogP contribution in [0.2, 0.25) is 0 Å². The van der Waals surface area contributed by atoms with E-state index in [-0.39, 0.29) is 0 Å². The number of aryl methyl sites for hydroxylation is 1. The number of nitrogens with zero attached hydrogens (tertiary/aromatic N) is 3. The summed E-state index contributed by atoms with van der Waals surface area (Å²) in [5, 5.41) is 3.27. The van der Waals surface area contributed by atoms with Crippen LogP contribution in [0.25, 0.3) is 0 Å².